The first kappa shape index (κ1) is 59.4. The van der Waals surface area contributed by atoms with Gasteiger partial charge in [0, 0.05) is 44.4 Å². The van der Waals surface area contributed by atoms with E-state index >= 15 is 0 Å². The number of methoxy groups -OCH3 is 2. The van der Waals surface area contributed by atoms with Crippen molar-refractivity contribution in [3.63, 3.8) is 0 Å². The summed E-state index contributed by atoms with van der Waals surface area (Å²) in [6.45, 7) is 31.6. The van der Waals surface area contributed by atoms with Crippen LogP contribution in [0.15, 0.2) is 0 Å². The van der Waals surface area contributed by atoms with Gasteiger partial charge in [-0.25, -0.2) is 0 Å². The summed E-state index contributed by atoms with van der Waals surface area (Å²) in [5.41, 5.74) is -3.95. The van der Waals surface area contributed by atoms with Crippen molar-refractivity contribution in [2.45, 2.75) is 257 Å². The molecule has 16 heteroatoms. The normalized spacial score (nSPS) is 41.7. The molecule has 3 rings (SSSR count). The van der Waals surface area contributed by atoms with Gasteiger partial charge in [-0.05, 0) is 111 Å². The highest BCUT2D eigenvalue weighted by atomic mass is 28.4. The Kier molecular flexibility index (Phi) is 22.1. The number of Topliss-reactive ketones (excluding diaryl/α,β-unsaturated/α-hetero) is 1. The van der Waals surface area contributed by atoms with Crippen molar-refractivity contribution >= 4 is 28.4 Å². The predicted octanol–water partition coefficient (Wildman–Crippen LogP) is 8.50. The van der Waals surface area contributed by atoms with Gasteiger partial charge < -0.3 is 57.1 Å². The van der Waals surface area contributed by atoms with Gasteiger partial charge in [0.05, 0.1) is 53.7 Å². The second-order valence-electron chi connectivity index (χ2n) is 21.3. The van der Waals surface area contributed by atoms with Crippen LogP contribution in [0.2, 0.25) is 36.3 Å². The van der Waals surface area contributed by atoms with Crippen molar-refractivity contribution in [2.75, 3.05) is 28.3 Å². The fraction of sp³-hybridized carbons (Fsp3) is 0.960. The van der Waals surface area contributed by atoms with E-state index in [4.69, 9.17) is 42.0 Å². The standard InChI is InChI=1S/C50H97NO13Si2/c1-21-38-50(16,55)43(53)33(10)40(52)31(8)29-48(14,56-19)44(62-47-42(63-65(22-2,23-3)24-4)37(51(17)18)28-32(9)58-47)34(11)41(35(12)46(54)60-38)61-39-30-49(15,57-20)45(36(13)59-39)64-66(25-5,26-6)27-7/h31-39,41-45,47,53,55H,21-30H2,1-20H3/t31-,32-,33+,34+,35-,36+,37+,38+,39-,41-,42-,43+,44-,45+,47+,48-,49-,50-/m1/s1. The SMILES string of the molecule is CC[C@@H]1OC(=O)[C@H](C)[C@H](O[C@@H]2C[C@@](C)(OC)[C@@H](O[Si](CC)(CC)CC)[C@H](C)O2)[C@H](C)[C@@H](O[C@@H]2O[C@H](C)C[C@H](N(C)C)[C@H]2O[Si](CC)(CC)CC)[C@](C)(OC)C[C@@H](C)C(=O)[C@H](C)[C@H](O)[C@]1(C)O. The molecule has 3 heterocycles. The molecular formula is C50H97NO13Si2. The van der Waals surface area contributed by atoms with E-state index in [2.05, 4.69) is 67.5 Å². The van der Waals surface area contributed by atoms with Crippen LogP contribution in [0.25, 0.3) is 0 Å². The molecule has 0 aromatic heterocycles. The minimum Gasteiger partial charge on any atom is -0.459 e. The number of carbonyl (C=O) groups excluding carboxylic acids is 2. The number of ketones is 1. The monoisotopic (exact) mass is 976 g/mol. The van der Waals surface area contributed by atoms with Crippen LogP contribution >= 0.6 is 0 Å². The van der Waals surface area contributed by atoms with E-state index in [0.717, 1.165) is 42.7 Å². The van der Waals surface area contributed by atoms with E-state index in [1.807, 2.05) is 34.6 Å². The Morgan fingerprint density at radius 2 is 1.23 bits per heavy atom. The molecule has 0 amide bonds. The van der Waals surface area contributed by atoms with Crippen LogP contribution in [0.4, 0.5) is 0 Å². The summed E-state index contributed by atoms with van der Waals surface area (Å²) in [4.78, 5) is 31.3. The highest BCUT2D eigenvalue weighted by Crippen LogP contribution is 2.44. The van der Waals surface area contributed by atoms with Gasteiger partial charge in [-0.1, -0.05) is 69.2 Å². The number of cyclic esters (lactones) is 1. The Labute approximate surface area is 402 Å². The number of carbonyl (C=O) groups is 2. The Balaban J connectivity index is 2.33. The van der Waals surface area contributed by atoms with Crippen LogP contribution in [0.1, 0.15) is 136 Å². The third kappa shape index (κ3) is 13.0. The summed E-state index contributed by atoms with van der Waals surface area (Å²) in [7, 11) is 3.10. The van der Waals surface area contributed by atoms with Crippen molar-refractivity contribution in [2.24, 2.45) is 23.7 Å². The van der Waals surface area contributed by atoms with Crippen molar-refractivity contribution in [1.29, 1.82) is 0 Å². The van der Waals surface area contributed by atoms with Crippen LogP contribution in [-0.2, 0) is 51.6 Å². The van der Waals surface area contributed by atoms with E-state index in [9.17, 15) is 19.8 Å². The summed E-state index contributed by atoms with van der Waals surface area (Å²) >= 11 is 0. The van der Waals surface area contributed by atoms with Gasteiger partial charge in [-0.2, -0.15) is 0 Å². The molecule has 3 saturated heterocycles. The topological polar surface area (TPSA) is 161 Å². The average Bonchev–Trinajstić information content (AvgIpc) is 3.29. The molecule has 0 spiro atoms. The smallest absolute Gasteiger partial charge is 0.311 e. The van der Waals surface area contributed by atoms with E-state index in [-0.39, 0.29) is 36.9 Å². The highest BCUT2D eigenvalue weighted by Gasteiger charge is 2.56. The summed E-state index contributed by atoms with van der Waals surface area (Å²) in [6.07, 6.45) is -6.20. The summed E-state index contributed by atoms with van der Waals surface area (Å²) in [5.74, 6) is -4.15. The molecule has 0 radical (unpaired) electrons. The summed E-state index contributed by atoms with van der Waals surface area (Å²) in [6, 6.07) is 5.68. The molecule has 3 aliphatic heterocycles. The maximum absolute atomic E-state index is 14.7. The molecule has 0 aromatic rings. The Hall–Kier alpha value is -0.866. The zero-order chi connectivity index (χ0) is 50.3. The molecular weight excluding hydrogens is 879 g/mol. The number of aliphatic hydroxyl groups excluding tert-OH is 1. The molecule has 0 aliphatic carbocycles. The number of hydrogen-bond acceptors (Lipinski definition) is 14. The summed E-state index contributed by atoms with van der Waals surface area (Å²) in [5, 5.41) is 23.7. The second kappa shape index (κ2) is 24.5. The number of rotatable bonds is 18. The minimum atomic E-state index is -2.24. The zero-order valence-corrected chi connectivity index (χ0v) is 47.1. The largest absolute Gasteiger partial charge is 0.459 e. The van der Waals surface area contributed by atoms with Crippen LogP contribution in [-0.4, -0.2) is 156 Å². The van der Waals surface area contributed by atoms with Gasteiger partial charge in [0.15, 0.2) is 29.2 Å². The van der Waals surface area contributed by atoms with Crippen molar-refractivity contribution in [1.82, 2.24) is 4.90 Å². The fourth-order valence-corrected chi connectivity index (χ4v) is 17.3. The molecule has 0 saturated carbocycles. The number of esters is 1. The van der Waals surface area contributed by atoms with Gasteiger partial charge >= 0.3 is 5.97 Å². The number of aliphatic hydroxyl groups is 2. The van der Waals surface area contributed by atoms with Crippen LogP contribution in [0, 0.1) is 23.7 Å². The Morgan fingerprint density at radius 1 is 0.712 bits per heavy atom. The van der Waals surface area contributed by atoms with Crippen LogP contribution in [0.3, 0.4) is 0 Å². The molecule has 388 valence electrons. The lowest BCUT2D eigenvalue weighted by molar-refractivity contribution is -0.317. The zero-order valence-electron chi connectivity index (χ0n) is 45.1. The lowest BCUT2D eigenvalue weighted by Crippen LogP contribution is -2.63. The highest BCUT2D eigenvalue weighted by molar-refractivity contribution is 6.74. The summed E-state index contributed by atoms with van der Waals surface area (Å²) < 4.78 is 61.8. The first-order valence-electron chi connectivity index (χ1n) is 25.6. The lowest BCUT2D eigenvalue weighted by atomic mass is 9.74. The fourth-order valence-electron chi connectivity index (χ4n) is 11.5. The van der Waals surface area contributed by atoms with Crippen LogP contribution < -0.4 is 0 Å². The van der Waals surface area contributed by atoms with E-state index < -0.39 is 112 Å². The third-order valence-corrected chi connectivity index (χ3v) is 26.1. The predicted molar refractivity (Wildman–Crippen MR) is 263 cm³/mol. The van der Waals surface area contributed by atoms with Gasteiger partial charge in [0.2, 0.25) is 0 Å². The van der Waals surface area contributed by atoms with E-state index in [0.29, 0.717) is 6.42 Å². The maximum Gasteiger partial charge on any atom is 0.311 e. The molecule has 3 fully saturated rings. The second-order valence-corrected chi connectivity index (χ2v) is 30.8. The lowest BCUT2D eigenvalue weighted by Gasteiger charge is -2.52. The first-order valence-corrected chi connectivity index (χ1v) is 30.7. The number of nitrogens with zero attached hydrogens (tertiary/aromatic N) is 1. The van der Waals surface area contributed by atoms with Gasteiger partial charge in [-0.3, -0.25) is 9.59 Å². The number of hydrogen-bond donors (Lipinski definition) is 2. The average molecular weight is 976 g/mol. The Bertz CT molecular complexity index is 1500. The first-order chi connectivity index (χ1) is 30.7. The van der Waals surface area contributed by atoms with Crippen molar-refractivity contribution in [3.8, 4) is 0 Å². The third-order valence-electron chi connectivity index (χ3n) is 16.8. The van der Waals surface area contributed by atoms with Crippen molar-refractivity contribution in [3.05, 3.63) is 0 Å². The molecule has 2 N–H and O–H groups in total. The van der Waals surface area contributed by atoms with E-state index in [1.165, 1.54) is 6.92 Å². The molecule has 0 aromatic carbocycles. The molecule has 66 heavy (non-hydrogen) atoms. The molecule has 0 unspecified atom stereocenters. The minimum absolute atomic E-state index is 0.0330. The van der Waals surface area contributed by atoms with Crippen molar-refractivity contribution < 1.29 is 61.8 Å². The molecule has 3 aliphatic rings. The van der Waals surface area contributed by atoms with Gasteiger partial charge in [0.25, 0.3) is 0 Å². The number of likely N-dealkylation sites (N-methyl/N-ethyl adjacent to an activating group) is 1. The van der Waals surface area contributed by atoms with E-state index in [1.54, 1.807) is 35.0 Å². The van der Waals surface area contributed by atoms with Gasteiger partial charge in [-0.15, -0.1) is 0 Å². The Morgan fingerprint density at radius 3 is 1.71 bits per heavy atom. The molecule has 14 nitrogen and oxygen atoms in total. The quantitative estimate of drug-likeness (QED) is 0.0994. The van der Waals surface area contributed by atoms with Gasteiger partial charge in [0.1, 0.15) is 23.6 Å². The maximum atomic E-state index is 14.7. The molecule has 18 atom stereocenters. The van der Waals surface area contributed by atoms with Crippen LogP contribution in [0.5, 0.6) is 0 Å². The molecule has 0 bridgehead atoms. The number of ether oxygens (including phenoxy) is 7.